The number of nitrogens with zero attached hydrogens (tertiary/aromatic N) is 3. The van der Waals surface area contributed by atoms with Crippen LogP contribution in [0.4, 0.5) is 0 Å². The minimum absolute atomic E-state index is 0.564. The van der Waals surface area contributed by atoms with E-state index in [0.717, 1.165) is 97.1 Å². The van der Waals surface area contributed by atoms with Gasteiger partial charge in [0, 0.05) is 24.7 Å². The maximum absolute atomic E-state index is 6.24. The van der Waals surface area contributed by atoms with E-state index in [1.807, 2.05) is 18.2 Å². The van der Waals surface area contributed by atoms with Crippen molar-refractivity contribution in [1.82, 2.24) is 14.5 Å². The smallest absolute Gasteiger partial charge is 0.141 e. The average molecular weight is 514 g/mol. The first-order valence-corrected chi connectivity index (χ1v) is 14.2. The second-order valence-corrected chi connectivity index (χ2v) is 10.0. The van der Waals surface area contributed by atoms with E-state index in [9.17, 15) is 0 Å². The Morgan fingerprint density at radius 1 is 0.842 bits per heavy atom. The Labute approximate surface area is 228 Å². The molecule has 0 unspecified atom stereocenters. The van der Waals surface area contributed by atoms with Crippen LogP contribution in [-0.4, -0.2) is 40.7 Å². The first-order valence-electron chi connectivity index (χ1n) is 14.2. The summed E-state index contributed by atoms with van der Waals surface area (Å²) in [5.41, 5.74) is 6.69. The van der Waals surface area contributed by atoms with Gasteiger partial charge in [0.05, 0.1) is 17.6 Å². The first-order chi connectivity index (χ1) is 18.5. The molecule has 0 atom stereocenters. The van der Waals surface area contributed by atoms with Gasteiger partial charge in [-0.1, -0.05) is 57.5 Å². The lowest BCUT2D eigenvalue weighted by Crippen LogP contribution is -2.25. The lowest BCUT2D eigenvalue weighted by molar-refractivity contribution is 0.249. The predicted molar refractivity (Wildman–Crippen MR) is 158 cm³/mol. The minimum Gasteiger partial charge on any atom is -0.493 e. The molecule has 0 aliphatic carbocycles. The number of fused-ring (bicyclic) bond motifs is 1. The van der Waals surface area contributed by atoms with Crippen molar-refractivity contribution in [2.75, 3.05) is 26.2 Å². The second kappa shape index (κ2) is 13.5. The number of hydrogen-bond donors (Lipinski definition) is 0. The molecule has 1 aromatic heterocycles. The Hall–Kier alpha value is -3.31. The summed E-state index contributed by atoms with van der Waals surface area (Å²) in [6.45, 7) is 16.4. The Balaban J connectivity index is 1.57. The zero-order valence-electron chi connectivity index (χ0n) is 23.8. The molecule has 4 aromatic rings. The molecule has 0 fully saturated rings. The van der Waals surface area contributed by atoms with Crippen molar-refractivity contribution in [3.05, 3.63) is 77.4 Å². The molecule has 0 aliphatic rings. The number of aryl methyl sites for hydroxylation is 3. The van der Waals surface area contributed by atoms with Crippen LogP contribution in [-0.2, 0) is 13.2 Å². The summed E-state index contributed by atoms with van der Waals surface area (Å²) in [7, 11) is 0. The Bertz CT molecular complexity index is 1290. The first kappa shape index (κ1) is 27.7. The van der Waals surface area contributed by atoms with Gasteiger partial charge >= 0.3 is 0 Å². The van der Waals surface area contributed by atoms with Crippen LogP contribution in [0.2, 0.25) is 0 Å². The summed E-state index contributed by atoms with van der Waals surface area (Å²) in [6, 6.07) is 21.0. The van der Waals surface area contributed by atoms with Crippen molar-refractivity contribution < 1.29 is 9.47 Å². The standard InChI is InChI=1S/C33H43N3O2/c1-6-9-19-36-31-23-29(37-20-13-18-35(7-2)8-3)16-17-30(31)34-33(36)28-21-25(4)32(26(5)22-28)38-24-27-14-11-10-12-15-27/h10-12,14-17,21-23H,6-9,13,18-20,24H2,1-5H3. The molecule has 3 aromatic carbocycles. The molecule has 0 N–H and O–H groups in total. The lowest BCUT2D eigenvalue weighted by Gasteiger charge is -2.17. The Morgan fingerprint density at radius 3 is 2.26 bits per heavy atom. The summed E-state index contributed by atoms with van der Waals surface area (Å²) in [5, 5.41) is 0. The highest BCUT2D eigenvalue weighted by Gasteiger charge is 2.16. The topological polar surface area (TPSA) is 39.5 Å². The summed E-state index contributed by atoms with van der Waals surface area (Å²) < 4.78 is 14.8. The third-order valence-electron chi connectivity index (χ3n) is 7.18. The summed E-state index contributed by atoms with van der Waals surface area (Å²) in [4.78, 5) is 7.52. The number of rotatable bonds is 14. The van der Waals surface area contributed by atoms with Gasteiger partial charge in [-0.15, -0.1) is 0 Å². The third-order valence-corrected chi connectivity index (χ3v) is 7.18. The van der Waals surface area contributed by atoms with Gasteiger partial charge in [-0.3, -0.25) is 0 Å². The van der Waals surface area contributed by atoms with Gasteiger partial charge < -0.3 is 18.9 Å². The Kier molecular flexibility index (Phi) is 9.83. The van der Waals surface area contributed by atoms with Crippen molar-refractivity contribution in [3.63, 3.8) is 0 Å². The minimum atomic E-state index is 0.564. The predicted octanol–water partition coefficient (Wildman–Crippen LogP) is 7.81. The van der Waals surface area contributed by atoms with Crippen LogP contribution < -0.4 is 9.47 Å². The zero-order valence-corrected chi connectivity index (χ0v) is 23.8. The quantitative estimate of drug-likeness (QED) is 0.161. The van der Waals surface area contributed by atoms with Gasteiger partial charge in [0.15, 0.2) is 0 Å². The van der Waals surface area contributed by atoms with Crippen LogP contribution in [0.5, 0.6) is 11.5 Å². The van der Waals surface area contributed by atoms with Crippen molar-refractivity contribution in [3.8, 4) is 22.9 Å². The van der Waals surface area contributed by atoms with Crippen molar-refractivity contribution >= 4 is 11.0 Å². The molecular weight excluding hydrogens is 470 g/mol. The van der Waals surface area contributed by atoms with E-state index in [0.29, 0.717) is 6.61 Å². The largest absolute Gasteiger partial charge is 0.493 e. The third kappa shape index (κ3) is 6.76. The van der Waals surface area contributed by atoms with Crippen LogP contribution in [0.15, 0.2) is 60.7 Å². The van der Waals surface area contributed by atoms with Crippen LogP contribution in [0.25, 0.3) is 22.4 Å². The molecule has 38 heavy (non-hydrogen) atoms. The maximum Gasteiger partial charge on any atom is 0.141 e. The van der Waals surface area contributed by atoms with Gasteiger partial charge in [0.25, 0.3) is 0 Å². The van der Waals surface area contributed by atoms with Crippen LogP contribution in [0, 0.1) is 13.8 Å². The number of benzene rings is 3. The highest BCUT2D eigenvalue weighted by Crippen LogP contribution is 2.33. The highest BCUT2D eigenvalue weighted by molar-refractivity contribution is 5.82. The second-order valence-electron chi connectivity index (χ2n) is 10.0. The average Bonchev–Trinajstić information content (AvgIpc) is 3.29. The molecule has 0 saturated carbocycles. The number of aromatic nitrogens is 2. The molecule has 0 radical (unpaired) electrons. The fourth-order valence-electron chi connectivity index (χ4n) is 5.01. The molecule has 0 saturated heterocycles. The van der Waals surface area contributed by atoms with E-state index in [1.54, 1.807) is 0 Å². The normalized spacial score (nSPS) is 11.4. The monoisotopic (exact) mass is 513 g/mol. The number of ether oxygens (including phenoxy) is 2. The fraction of sp³-hybridized carbons (Fsp3) is 0.424. The van der Waals surface area contributed by atoms with Gasteiger partial charge in [0.2, 0.25) is 0 Å². The summed E-state index contributed by atoms with van der Waals surface area (Å²) >= 11 is 0. The molecular formula is C33H43N3O2. The van der Waals surface area contributed by atoms with Crippen LogP contribution in [0.1, 0.15) is 56.7 Å². The summed E-state index contributed by atoms with van der Waals surface area (Å²) in [6.07, 6.45) is 3.26. The molecule has 202 valence electrons. The lowest BCUT2D eigenvalue weighted by atomic mass is 10.0. The highest BCUT2D eigenvalue weighted by atomic mass is 16.5. The van der Waals surface area contributed by atoms with E-state index in [-0.39, 0.29) is 0 Å². The van der Waals surface area contributed by atoms with E-state index in [1.165, 1.54) is 5.56 Å². The molecule has 0 amide bonds. The molecule has 5 heteroatoms. The fourth-order valence-corrected chi connectivity index (χ4v) is 5.01. The van der Waals surface area contributed by atoms with Gasteiger partial charge in [0.1, 0.15) is 23.9 Å². The Morgan fingerprint density at radius 2 is 1.58 bits per heavy atom. The van der Waals surface area contributed by atoms with E-state index in [4.69, 9.17) is 14.5 Å². The van der Waals surface area contributed by atoms with Gasteiger partial charge in [-0.05, 0) is 80.7 Å². The molecule has 1 heterocycles. The SMILES string of the molecule is CCCCn1c(-c2cc(C)c(OCc3ccccc3)c(C)c2)nc2ccc(OCCCN(CC)CC)cc21. The summed E-state index contributed by atoms with van der Waals surface area (Å²) in [5.74, 6) is 2.88. The van der Waals surface area contributed by atoms with E-state index in [2.05, 4.69) is 86.6 Å². The van der Waals surface area contributed by atoms with Crippen molar-refractivity contribution in [2.45, 2.75) is 67.0 Å². The number of hydrogen-bond acceptors (Lipinski definition) is 4. The van der Waals surface area contributed by atoms with E-state index >= 15 is 0 Å². The molecule has 4 rings (SSSR count). The number of unbranched alkanes of at least 4 members (excludes halogenated alkanes) is 1. The molecule has 5 nitrogen and oxygen atoms in total. The molecule has 0 bridgehead atoms. The maximum atomic E-state index is 6.24. The molecule has 0 aliphatic heterocycles. The van der Waals surface area contributed by atoms with Crippen LogP contribution >= 0.6 is 0 Å². The van der Waals surface area contributed by atoms with Crippen molar-refractivity contribution in [2.24, 2.45) is 0 Å². The molecule has 0 spiro atoms. The van der Waals surface area contributed by atoms with Gasteiger partial charge in [-0.2, -0.15) is 0 Å². The van der Waals surface area contributed by atoms with Crippen molar-refractivity contribution in [1.29, 1.82) is 0 Å². The number of imidazole rings is 1. The van der Waals surface area contributed by atoms with Crippen LogP contribution in [0.3, 0.4) is 0 Å². The van der Waals surface area contributed by atoms with Gasteiger partial charge in [-0.25, -0.2) is 4.98 Å². The zero-order chi connectivity index (χ0) is 26.9. The van der Waals surface area contributed by atoms with E-state index < -0.39 is 0 Å².